The van der Waals surface area contributed by atoms with Crippen LogP contribution in [0.25, 0.3) is 0 Å². The number of nitrogens with two attached hydrogens (primary N) is 1. The third kappa shape index (κ3) is 3.40. The highest BCUT2D eigenvalue weighted by atomic mass is 16.5. The number of carbonyl (C=O) groups is 1. The van der Waals surface area contributed by atoms with Crippen LogP contribution in [-0.4, -0.2) is 24.5 Å². The maximum Gasteiger partial charge on any atom is 0.255 e. The molecule has 0 atom stereocenters. The number of primary amides is 1. The Balaban J connectivity index is 2.50. The topological polar surface area (TPSA) is 77.2 Å². The number of hydrogen-bond acceptors (Lipinski definition) is 4. The van der Waals surface area contributed by atoms with E-state index >= 15 is 0 Å². The molecule has 0 spiro atoms. The molecule has 3 N–H and O–H groups in total. The first-order valence-corrected chi connectivity index (χ1v) is 4.23. The fourth-order valence-corrected chi connectivity index (χ4v) is 0.936. The number of pyridine rings is 1. The molecule has 5 nitrogen and oxygen atoms in total. The van der Waals surface area contributed by atoms with Crippen molar-refractivity contribution in [1.82, 2.24) is 10.3 Å². The highest BCUT2D eigenvalue weighted by Gasteiger charge is 1.98. The van der Waals surface area contributed by atoms with Gasteiger partial charge in [0, 0.05) is 6.54 Å². The molecule has 1 aromatic heterocycles. The van der Waals surface area contributed by atoms with E-state index in [1.165, 1.54) is 0 Å². The van der Waals surface area contributed by atoms with Gasteiger partial charge in [0.1, 0.15) is 5.75 Å². The second kappa shape index (κ2) is 5.18. The molecule has 1 rings (SSSR count). The van der Waals surface area contributed by atoms with Gasteiger partial charge in [-0.1, -0.05) is 0 Å². The first kappa shape index (κ1) is 10.5. The number of aromatic nitrogens is 1. The lowest BCUT2D eigenvalue weighted by Crippen LogP contribution is -2.20. The Bertz CT molecular complexity index is 297. The molecule has 0 aromatic carbocycles. The van der Waals surface area contributed by atoms with Crippen LogP contribution in [-0.2, 0) is 11.3 Å². The number of carbonyl (C=O) groups excluding carboxylic acids is 1. The number of amides is 1. The molecule has 1 aromatic rings. The van der Waals surface area contributed by atoms with Crippen LogP contribution < -0.4 is 15.8 Å². The largest absolute Gasteiger partial charge is 0.482 e. The lowest BCUT2D eigenvalue weighted by atomic mass is 10.3. The van der Waals surface area contributed by atoms with Gasteiger partial charge < -0.3 is 15.8 Å². The summed E-state index contributed by atoms with van der Waals surface area (Å²) in [5.41, 5.74) is 5.84. The second-order valence-corrected chi connectivity index (χ2v) is 2.77. The van der Waals surface area contributed by atoms with Crippen molar-refractivity contribution in [3.8, 4) is 5.75 Å². The zero-order valence-corrected chi connectivity index (χ0v) is 7.99. The number of ether oxygens (including phenoxy) is 1. The Morgan fingerprint density at radius 1 is 1.64 bits per heavy atom. The average Bonchev–Trinajstić information content (AvgIpc) is 2.17. The minimum atomic E-state index is -0.496. The zero-order valence-electron chi connectivity index (χ0n) is 7.99. The lowest BCUT2D eigenvalue weighted by Gasteiger charge is -2.03. The van der Waals surface area contributed by atoms with E-state index < -0.39 is 5.91 Å². The van der Waals surface area contributed by atoms with Crippen molar-refractivity contribution in [2.45, 2.75) is 6.54 Å². The molecule has 0 saturated carbocycles. The Morgan fingerprint density at radius 2 is 2.43 bits per heavy atom. The van der Waals surface area contributed by atoms with Gasteiger partial charge in [-0.05, 0) is 19.2 Å². The summed E-state index contributed by atoms with van der Waals surface area (Å²) in [6.07, 6.45) is 1.57. The van der Waals surface area contributed by atoms with Gasteiger partial charge in [0.15, 0.2) is 6.61 Å². The molecule has 0 aliphatic rings. The van der Waals surface area contributed by atoms with Gasteiger partial charge in [-0.15, -0.1) is 0 Å². The van der Waals surface area contributed by atoms with Gasteiger partial charge in [0.25, 0.3) is 5.91 Å². The third-order valence-electron chi connectivity index (χ3n) is 1.54. The Kier molecular flexibility index (Phi) is 3.87. The Morgan fingerprint density at radius 3 is 2.93 bits per heavy atom. The Hall–Kier alpha value is -1.62. The molecule has 0 bridgehead atoms. The van der Waals surface area contributed by atoms with Gasteiger partial charge in [-0.25, -0.2) is 0 Å². The first-order chi connectivity index (χ1) is 6.72. The highest BCUT2D eigenvalue weighted by Crippen LogP contribution is 2.08. The molecular weight excluding hydrogens is 182 g/mol. The molecule has 0 saturated heterocycles. The van der Waals surface area contributed by atoms with Crippen molar-refractivity contribution < 1.29 is 9.53 Å². The summed E-state index contributed by atoms with van der Waals surface area (Å²) in [6, 6.07) is 3.58. The maximum atomic E-state index is 10.4. The molecule has 0 aliphatic heterocycles. The van der Waals surface area contributed by atoms with Crippen LogP contribution in [0.4, 0.5) is 0 Å². The first-order valence-electron chi connectivity index (χ1n) is 4.23. The normalized spacial score (nSPS) is 9.79. The maximum absolute atomic E-state index is 10.4. The van der Waals surface area contributed by atoms with Crippen LogP contribution in [0.15, 0.2) is 18.3 Å². The predicted molar refractivity (Wildman–Crippen MR) is 51.7 cm³/mol. The quantitative estimate of drug-likeness (QED) is 0.674. The van der Waals surface area contributed by atoms with Crippen LogP contribution in [0.2, 0.25) is 0 Å². The van der Waals surface area contributed by atoms with Gasteiger partial charge in [0.2, 0.25) is 0 Å². The fraction of sp³-hybridized carbons (Fsp3) is 0.333. The molecule has 14 heavy (non-hydrogen) atoms. The van der Waals surface area contributed by atoms with E-state index in [9.17, 15) is 4.79 Å². The number of nitrogens with one attached hydrogen (secondary N) is 1. The summed E-state index contributed by atoms with van der Waals surface area (Å²) in [5, 5.41) is 2.98. The van der Waals surface area contributed by atoms with Crippen molar-refractivity contribution in [1.29, 1.82) is 0 Å². The molecule has 0 unspecified atom stereocenters. The molecule has 76 valence electrons. The van der Waals surface area contributed by atoms with Crippen LogP contribution in [0, 0.1) is 0 Å². The molecule has 0 fully saturated rings. The minimum Gasteiger partial charge on any atom is -0.482 e. The minimum absolute atomic E-state index is 0.118. The van der Waals surface area contributed by atoms with E-state index in [2.05, 4.69) is 10.3 Å². The smallest absolute Gasteiger partial charge is 0.255 e. The van der Waals surface area contributed by atoms with Crippen LogP contribution in [0.3, 0.4) is 0 Å². The standard InChI is InChI=1S/C9H13N3O2/c1-11-4-7-2-3-8(5-12-7)14-6-9(10)13/h2-3,5,11H,4,6H2,1H3,(H2,10,13). The van der Waals surface area contributed by atoms with E-state index in [4.69, 9.17) is 10.5 Å². The lowest BCUT2D eigenvalue weighted by molar-refractivity contribution is -0.119. The summed E-state index contributed by atoms with van der Waals surface area (Å²) in [4.78, 5) is 14.5. The number of rotatable bonds is 5. The number of hydrogen-bond donors (Lipinski definition) is 2. The van der Waals surface area contributed by atoms with Crippen molar-refractivity contribution >= 4 is 5.91 Å². The summed E-state index contributed by atoms with van der Waals surface area (Å²) < 4.78 is 5.04. The van der Waals surface area contributed by atoms with Gasteiger partial charge >= 0.3 is 0 Å². The summed E-state index contributed by atoms with van der Waals surface area (Å²) >= 11 is 0. The van der Waals surface area contributed by atoms with E-state index in [1.54, 1.807) is 12.3 Å². The van der Waals surface area contributed by atoms with Crippen LogP contribution >= 0.6 is 0 Å². The average molecular weight is 195 g/mol. The summed E-state index contributed by atoms with van der Waals surface area (Å²) in [5.74, 6) is 0.0490. The fourth-order valence-electron chi connectivity index (χ4n) is 0.936. The van der Waals surface area contributed by atoms with Gasteiger partial charge in [-0.2, -0.15) is 0 Å². The third-order valence-corrected chi connectivity index (χ3v) is 1.54. The van der Waals surface area contributed by atoms with E-state index in [-0.39, 0.29) is 6.61 Å². The molecule has 1 heterocycles. The predicted octanol–water partition coefficient (Wildman–Crippen LogP) is -0.335. The summed E-state index contributed by atoms with van der Waals surface area (Å²) in [6.45, 7) is 0.586. The molecule has 0 aliphatic carbocycles. The second-order valence-electron chi connectivity index (χ2n) is 2.77. The SMILES string of the molecule is CNCc1ccc(OCC(N)=O)cn1. The van der Waals surface area contributed by atoms with Crippen molar-refractivity contribution in [2.75, 3.05) is 13.7 Å². The van der Waals surface area contributed by atoms with Gasteiger partial charge in [-0.3, -0.25) is 9.78 Å². The highest BCUT2D eigenvalue weighted by molar-refractivity contribution is 5.75. The van der Waals surface area contributed by atoms with Crippen molar-refractivity contribution in [2.24, 2.45) is 5.73 Å². The van der Waals surface area contributed by atoms with Crippen LogP contribution in [0.5, 0.6) is 5.75 Å². The Labute approximate surface area is 82.3 Å². The molecule has 5 heteroatoms. The van der Waals surface area contributed by atoms with Crippen LogP contribution in [0.1, 0.15) is 5.69 Å². The van der Waals surface area contributed by atoms with E-state index in [1.807, 2.05) is 13.1 Å². The zero-order chi connectivity index (χ0) is 10.4. The van der Waals surface area contributed by atoms with E-state index in [0.29, 0.717) is 12.3 Å². The van der Waals surface area contributed by atoms with Crippen molar-refractivity contribution in [3.63, 3.8) is 0 Å². The van der Waals surface area contributed by atoms with Crippen molar-refractivity contribution in [3.05, 3.63) is 24.0 Å². The number of nitrogens with zero attached hydrogens (tertiary/aromatic N) is 1. The molecule has 1 amide bonds. The summed E-state index contributed by atoms with van der Waals surface area (Å²) in [7, 11) is 1.85. The monoisotopic (exact) mass is 195 g/mol. The van der Waals surface area contributed by atoms with Gasteiger partial charge in [0.05, 0.1) is 11.9 Å². The molecular formula is C9H13N3O2. The van der Waals surface area contributed by atoms with E-state index in [0.717, 1.165) is 5.69 Å². The molecule has 0 radical (unpaired) electrons.